The zero-order valence-corrected chi connectivity index (χ0v) is 13.9. The van der Waals surface area contributed by atoms with Crippen LogP contribution in [0.3, 0.4) is 0 Å². The van der Waals surface area contributed by atoms with Gasteiger partial charge in [0.2, 0.25) is 0 Å². The zero-order chi connectivity index (χ0) is 15.4. The lowest BCUT2D eigenvalue weighted by Gasteiger charge is -2.34. The molecule has 22 heavy (non-hydrogen) atoms. The molecule has 0 saturated carbocycles. The van der Waals surface area contributed by atoms with Crippen LogP contribution in [0.15, 0.2) is 53.3 Å². The minimum absolute atomic E-state index is 0.0800. The van der Waals surface area contributed by atoms with Gasteiger partial charge < -0.3 is 4.90 Å². The lowest BCUT2D eigenvalue weighted by molar-refractivity contribution is 0.0628. The number of piperazine rings is 1. The number of aromatic nitrogens is 1. The molecule has 1 amide bonds. The van der Waals surface area contributed by atoms with Crippen molar-refractivity contribution in [3.8, 4) is 0 Å². The molecule has 3 rings (SSSR count). The summed E-state index contributed by atoms with van der Waals surface area (Å²) >= 11 is 3.45. The second-order valence-electron chi connectivity index (χ2n) is 5.44. The first-order valence-corrected chi connectivity index (χ1v) is 8.18. The van der Waals surface area contributed by atoms with Crippen molar-refractivity contribution < 1.29 is 4.79 Å². The maximum absolute atomic E-state index is 12.4. The second kappa shape index (κ2) is 7.03. The third-order valence-corrected chi connectivity index (χ3v) is 4.42. The smallest absolute Gasteiger partial charge is 0.255 e. The SMILES string of the molecule is O=C(c1cccnc1)N1CCN(Cc2ccc(Br)cc2)CC1. The highest BCUT2D eigenvalue weighted by Crippen LogP contribution is 2.14. The van der Waals surface area contributed by atoms with Crippen molar-refractivity contribution in [1.29, 1.82) is 0 Å². The van der Waals surface area contributed by atoms with Crippen LogP contribution in [0.1, 0.15) is 15.9 Å². The third kappa shape index (κ3) is 3.72. The summed E-state index contributed by atoms with van der Waals surface area (Å²) in [5.74, 6) is 0.0800. The van der Waals surface area contributed by atoms with E-state index in [1.165, 1.54) is 5.56 Å². The number of benzene rings is 1. The molecule has 0 atom stereocenters. The predicted molar refractivity (Wildman–Crippen MR) is 89.6 cm³/mol. The van der Waals surface area contributed by atoms with Crippen molar-refractivity contribution in [2.75, 3.05) is 26.2 Å². The molecule has 1 aromatic heterocycles. The third-order valence-electron chi connectivity index (χ3n) is 3.89. The van der Waals surface area contributed by atoms with Crippen molar-refractivity contribution in [1.82, 2.24) is 14.8 Å². The van der Waals surface area contributed by atoms with Crippen LogP contribution in [0, 0.1) is 0 Å². The Hall–Kier alpha value is -1.72. The Morgan fingerprint density at radius 3 is 2.45 bits per heavy atom. The molecule has 2 heterocycles. The van der Waals surface area contributed by atoms with Crippen LogP contribution in [-0.2, 0) is 6.54 Å². The first kappa shape index (κ1) is 15.2. The molecule has 114 valence electrons. The summed E-state index contributed by atoms with van der Waals surface area (Å²) in [6.07, 6.45) is 3.32. The van der Waals surface area contributed by atoms with Crippen LogP contribution >= 0.6 is 15.9 Å². The van der Waals surface area contributed by atoms with Crippen molar-refractivity contribution in [3.05, 3.63) is 64.4 Å². The molecule has 1 aliphatic rings. The molecule has 1 aromatic carbocycles. The summed E-state index contributed by atoms with van der Waals surface area (Å²) in [7, 11) is 0. The first-order valence-electron chi connectivity index (χ1n) is 7.38. The van der Waals surface area contributed by atoms with Gasteiger partial charge in [0.25, 0.3) is 5.91 Å². The molecule has 0 N–H and O–H groups in total. The largest absolute Gasteiger partial charge is 0.336 e. The fraction of sp³-hybridized carbons (Fsp3) is 0.294. The maximum Gasteiger partial charge on any atom is 0.255 e. The van der Waals surface area contributed by atoms with Gasteiger partial charge in [0, 0.05) is 49.6 Å². The molecule has 0 bridgehead atoms. The van der Waals surface area contributed by atoms with Gasteiger partial charge >= 0.3 is 0 Å². The Morgan fingerprint density at radius 1 is 1.09 bits per heavy atom. The summed E-state index contributed by atoms with van der Waals surface area (Å²) < 4.78 is 1.10. The monoisotopic (exact) mass is 359 g/mol. The number of amides is 1. The van der Waals surface area contributed by atoms with Crippen molar-refractivity contribution in [3.63, 3.8) is 0 Å². The van der Waals surface area contributed by atoms with Gasteiger partial charge in [-0.3, -0.25) is 14.7 Å². The van der Waals surface area contributed by atoms with Crippen LogP contribution < -0.4 is 0 Å². The molecular weight excluding hydrogens is 342 g/mol. The summed E-state index contributed by atoms with van der Waals surface area (Å²) in [5.41, 5.74) is 1.97. The summed E-state index contributed by atoms with van der Waals surface area (Å²) in [6, 6.07) is 12.0. The van der Waals surface area contributed by atoms with Crippen molar-refractivity contribution in [2.45, 2.75) is 6.54 Å². The molecular formula is C17H18BrN3O. The number of pyridine rings is 1. The van der Waals surface area contributed by atoms with Crippen molar-refractivity contribution in [2.24, 2.45) is 0 Å². The number of carbonyl (C=O) groups excluding carboxylic acids is 1. The average molecular weight is 360 g/mol. The van der Waals surface area contributed by atoms with E-state index in [1.807, 2.05) is 11.0 Å². The molecule has 1 aliphatic heterocycles. The van der Waals surface area contributed by atoms with Gasteiger partial charge in [0.1, 0.15) is 0 Å². The number of carbonyl (C=O) groups is 1. The number of rotatable bonds is 3. The molecule has 0 unspecified atom stereocenters. The molecule has 0 aliphatic carbocycles. The number of halogens is 1. The van der Waals surface area contributed by atoms with Gasteiger partial charge in [-0.25, -0.2) is 0 Å². The number of hydrogen-bond donors (Lipinski definition) is 0. The lowest BCUT2D eigenvalue weighted by Crippen LogP contribution is -2.48. The molecule has 1 fully saturated rings. The highest BCUT2D eigenvalue weighted by Gasteiger charge is 2.22. The van der Waals surface area contributed by atoms with Gasteiger partial charge in [0.15, 0.2) is 0 Å². The van der Waals surface area contributed by atoms with Gasteiger partial charge in [0.05, 0.1) is 5.56 Å². The van der Waals surface area contributed by atoms with Crippen LogP contribution in [0.2, 0.25) is 0 Å². The van der Waals surface area contributed by atoms with Gasteiger partial charge in [-0.05, 0) is 29.8 Å². The van der Waals surface area contributed by atoms with Crippen LogP contribution in [0.25, 0.3) is 0 Å². The Balaban J connectivity index is 1.54. The normalized spacial score (nSPS) is 15.8. The minimum atomic E-state index is 0.0800. The predicted octanol–water partition coefficient (Wildman–Crippen LogP) is 2.80. The Labute approximate surface area is 138 Å². The lowest BCUT2D eigenvalue weighted by atomic mass is 10.2. The minimum Gasteiger partial charge on any atom is -0.336 e. The maximum atomic E-state index is 12.4. The average Bonchev–Trinajstić information content (AvgIpc) is 2.58. The molecule has 5 heteroatoms. The molecule has 4 nitrogen and oxygen atoms in total. The van der Waals surface area contributed by atoms with Crippen molar-refractivity contribution >= 4 is 21.8 Å². The van der Waals surface area contributed by atoms with Gasteiger partial charge in [-0.1, -0.05) is 28.1 Å². The Kier molecular flexibility index (Phi) is 4.85. The fourth-order valence-corrected chi connectivity index (χ4v) is 2.89. The quantitative estimate of drug-likeness (QED) is 0.845. The fourth-order valence-electron chi connectivity index (χ4n) is 2.63. The summed E-state index contributed by atoms with van der Waals surface area (Å²) in [5, 5.41) is 0. The highest BCUT2D eigenvalue weighted by molar-refractivity contribution is 9.10. The van der Waals surface area contributed by atoms with E-state index in [2.05, 4.69) is 50.1 Å². The van der Waals surface area contributed by atoms with E-state index in [1.54, 1.807) is 18.5 Å². The number of nitrogens with zero attached hydrogens (tertiary/aromatic N) is 3. The van der Waals surface area contributed by atoms with E-state index in [0.29, 0.717) is 5.56 Å². The molecule has 0 radical (unpaired) electrons. The van der Waals surface area contributed by atoms with E-state index in [0.717, 1.165) is 37.2 Å². The van der Waals surface area contributed by atoms with E-state index in [9.17, 15) is 4.79 Å². The van der Waals surface area contributed by atoms with Gasteiger partial charge in [-0.15, -0.1) is 0 Å². The summed E-state index contributed by atoms with van der Waals surface area (Å²) in [4.78, 5) is 20.7. The van der Waals surface area contributed by atoms with E-state index >= 15 is 0 Å². The Morgan fingerprint density at radius 2 is 1.82 bits per heavy atom. The van der Waals surface area contributed by atoms with Gasteiger partial charge in [-0.2, -0.15) is 0 Å². The van der Waals surface area contributed by atoms with Crippen LogP contribution in [0.4, 0.5) is 0 Å². The van der Waals surface area contributed by atoms with E-state index < -0.39 is 0 Å². The molecule has 2 aromatic rings. The summed E-state index contributed by atoms with van der Waals surface area (Å²) in [6.45, 7) is 4.28. The standard InChI is InChI=1S/C17H18BrN3O/c18-16-5-3-14(4-6-16)13-20-8-10-21(11-9-20)17(22)15-2-1-7-19-12-15/h1-7,12H,8-11,13H2. The first-order chi connectivity index (χ1) is 10.7. The molecule has 0 spiro atoms. The zero-order valence-electron chi connectivity index (χ0n) is 12.3. The van der Waals surface area contributed by atoms with E-state index in [4.69, 9.17) is 0 Å². The van der Waals surface area contributed by atoms with Crippen LogP contribution in [-0.4, -0.2) is 46.9 Å². The molecule has 1 saturated heterocycles. The number of hydrogen-bond acceptors (Lipinski definition) is 3. The topological polar surface area (TPSA) is 36.4 Å². The Bertz CT molecular complexity index is 622. The second-order valence-corrected chi connectivity index (χ2v) is 6.35. The van der Waals surface area contributed by atoms with E-state index in [-0.39, 0.29) is 5.91 Å². The highest BCUT2D eigenvalue weighted by atomic mass is 79.9. The van der Waals surface area contributed by atoms with Crippen LogP contribution in [0.5, 0.6) is 0 Å².